The average Bonchev–Trinajstić information content (AvgIpc) is 3.10. The van der Waals surface area contributed by atoms with Gasteiger partial charge in [0.15, 0.2) is 0 Å². The molecule has 0 radical (unpaired) electrons. The monoisotopic (exact) mass is 379 g/mol. The normalized spacial score (nSPS) is 35.0. The molecule has 0 N–H and O–H groups in total. The van der Waals surface area contributed by atoms with E-state index in [4.69, 9.17) is 9.05 Å². The van der Waals surface area contributed by atoms with Gasteiger partial charge in [-0.15, -0.1) is 0 Å². The number of rotatable bonds is 1. The minimum atomic E-state index is -1.16. The van der Waals surface area contributed by atoms with E-state index < -0.39 is 8.53 Å². The maximum atomic E-state index is 6.58. The molecule has 2 aromatic rings. The molecule has 0 aromatic heterocycles. The Hall–Kier alpha value is -1.57. The van der Waals surface area contributed by atoms with Crippen molar-refractivity contribution in [1.82, 2.24) is 4.67 Å². The lowest BCUT2D eigenvalue weighted by atomic mass is 9.52. The molecule has 1 aliphatic heterocycles. The van der Waals surface area contributed by atoms with Gasteiger partial charge >= 0.3 is 8.53 Å². The molecule has 140 valence electrons. The molecule has 3 aliphatic carbocycles. The summed E-state index contributed by atoms with van der Waals surface area (Å²) < 4.78 is 15.2. The van der Waals surface area contributed by atoms with Gasteiger partial charge in [-0.05, 0) is 74.4 Å². The number of hydrogen-bond donors (Lipinski definition) is 0. The van der Waals surface area contributed by atoms with Crippen molar-refractivity contribution >= 4 is 8.53 Å². The lowest BCUT2D eigenvalue weighted by Gasteiger charge is -2.52. The van der Waals surface area contributed by atoms with Crippen LogP contribution < -0.4 is 9.05 Å². The molecule has 4 aliphatic rings. The lowest BCUT2D eigenvalue weighted by Crippen LogP contribution is -2.48. The highest BCUT2D eigenvalue weighted by atomic mass is 31.2. The van der Waals surface area contributed by atoms with Crippen LogP contribution in [-0.4, -0.2) is 18.8 Å². The molecule has 27 heavy (non-hydrogen) atoms. The second-order valence-electron chi connectivity index (χ2n) is 9.19. The highest BCUT2D eigenvalue weighted by molar-refractivity contribution is 7.45. The summed E-state index contributed by atoms with van der Waals surface area (Å²) in [5.74, 6) is 2.78. The molecule has 1 heterocycles. The fourth-order valence-corrected chi connectivity index (χ4v) is 7.82. The van der Waals surface area contributed by atoms with Gasteiger partial charge in [0.05, 0.1) is 0 Å². The zero-order valence-corrected chi connectivity index (χ0v) is 17.2. The van der Waals surface area contributed by atoms with Crippen molar-refractivity contribution in [1.29, 1.82) is 0 Å². The van der Waals surface area contributed by atoms with Crippen LogP contribution in [-0.2, 0) is 18.3 Å². The van der Waals surface area contributed by atoms with Gasteiger partial charge in [0.1, 0.15) is 11.5 Å². The molecule has 1 saturated carbocycles. The molecule has 6 rings (SSSR count). The summed E-state index contributed by atoms with van der Waals surface area (Å²) in [6.07, 6.45) is 6.26. The number of benzene rings is 2. The zero-order valence-electron chi connectivity index (χ0n) is 16.3. The predicted molar refractivity (Wildman–Crippen MR) is 108 cm³/mol. The van der Waals surface area contributed by atoms with Crippen molar-refractivity contribution in [3.05, 3.63) is 58.7 Å². The van der Waals surface area contributed by atoms with Crippen LogP contribution in [0.1, 0.15) is 48.4 Å². The zero-order chi connectivity index (χ0) is 18.4. The first-order valence-corrected chi connectivity index (χ1v) is 11.3. The largest absolute Gasteiger partial charge is 0.427 e. The molecule has 4 heteroatoms. The fourth-order valence-electron chi connectivity index (χ4n) is 6.82. The van der Waals surface area contributed by atoms with Crippen LogP contribution in [0.5, 0.6) is 11.5 Å². The number of hydrogen-bond acceptors (Lipinski definition) is 3. The molecule has 1 fully saturated rings. The Morgan fingerprint density at radius 2 is 1.67 bits per heavy atom. The highest BCUT2D eigenvalue weighted by Gasteiger charge is 2.66. The maximum absolute atomic E-state index is 6.58. The van der Waals surface area contributed by atoms with Crippen LogP contribution in [0.2, 0.25) is 0 Å². The summed E-state index contributed by atoms with van der Waals surface area (Å²) in [6.45, 7) is 2.53. The molecule has 0 amide bonds. The Labute approximate surface area is 162 Å². The Bertz CT molecular complexity index is 934. The molecule has 0 saturated heterocycles. The smallest absolute Gasteiger partial charge is 0.384 e. The van der Waals surface area contributed by atoms with Gasteiger partial charge in [-0.1, -0.05) is 37.6 Å². The predicted octanol–water partition coefficient (Wildman–Crippen LogP) is 5.45. The van der Waals surface area contributed by atoms with E-state index >= 15 is 0 Å². The van der Waals surface area contributed by atoms with Crippen LogP contribution >= 0.6 is 8.53 Å². The third-order valence-electron chi connectivity index (χ3n) is 7.59. The van der Waals surface area contributed by atoms with Crippen molar-refractivity contribution < 1.29 is 9.05 Å². The molecule has 1 unspecified atom stereocenters. The second kappa shape index (κ2) is 5.27. The van der Waals surface area contributed by atoms with Gasteiger partial charge in [0.25, 0.3) is 0 Å². The summed E-state index contributed by atoms with van der Waals surface area (Å²) in [5.41, 5.74) is 6.28. The van der Waals surface area contributed by atoms with Crippen molar-refractivity contribution in [2.75, 3.05) is 14.1 Å². The summed E-state index contributed by atoms with van der Waals surface area (Å²) in [5, 5.41) is 0. The standard InChI is InChI=1S/C23H26NO2P/c1-22-12-6-9-17-13-15-7-4-10-18-20(15)23(17,22)21-16(14-22)8-5-11-19(21)26-27(25-18)24(2)3/h4-5,7-8,10-11,17H,6,9,12-14H2,1-3H3/t17-,22-,23-,27?/m1/s1. The van der Waals surface area contributed by atoms with Crippen LogP contribution in [0.25, 0.3) is 0 Å². The highest BCUT2D eigenvalue weighted by Crippen LogP contribution is 2.72. The van der Waals surface area contributed by atoms with Gasteiger partial charge < -0.3 is 9.05 Å². The Morgan fingerprint density at radius 1 is 1.00 bits per heavy atom. The molecule has 2 aromatic carbocycles. The van der Waals surface area contributed by atoms with Gasteiger partial charge in [0, 0.05) is 16.5 Å². The summed E-state index contributed by atoms with van der Waals surface area (Å²) in [4.78, 5) is 0. The van der Waals surface area contributed by atoms with Crippen molar-refractivity contribution in [3.8, 4) is 11.5 Å². The Balaban J connectivity index is 1.74. The molecule has 1 spiro atoms. The van der Waals surface area contributed by atoms with E-state index in [1.54, 1.807) is 0 Å². The first-order chi connectivity index (χ1) is 13.0. The Kier molecular flexibility index (Phi) is 3.20. The van der Waals surface area contributed by atoms with Gasteiger partial charge in [-0.2, -0.15) is 0 Å². The van der Waals surface area contributed by atoms with Crippen molar-refractivity contribution in [2.45, 2.75) is 44.4 Å². The fraction of sp³-hybridized carbons (Fsp3) is 0.478. The summed E-state index contributed by atoms with van der Waals surface area (Å²) in [7, 11) is 2.93. The average molecular weight is 379 g/mol. The first-order valence-electron chi connectivity index (χ1n) is 10.1. The third kappa shape index (κ3) is 1.85. The van der Waals surface area contributed by atoms with E-state index in [9.17, 15) is 0 Å². The van der Waals surface area contributed by atoms with E-state index in [0.717, 1.165) is 17.9 Å². The quantitative estimate of drug-likeness (QED) is 0.615. The van der Waals surface area contributed by atoms with E-state index in [-0.39, 0.29) is 10.8 Å². The second-order valence-corrected chi connectivity index (χ2v) is 10.8. The lowest BCUT2D eigenvalue weighted by molar-refractivity contribution is 0.0766. The third-order valence-corrected chi connectivity index (χ3v) is 8.94. The Morgan fingerprint density at radius 3 is 2.37 bits per heavy atom. The van der Waals surface area contributed by atoms with Gasteiger partial charge in [-0.3, -0.25) is 0 Å². The SMILES string of the molecule is CN(C)P1Oc2cccc3c2[C@]24c5c(cccc5O1)C[C@@]2(C)CCC[C@@H]4C3. The minimum Gasteiger partial charge on any atom is -0.427 e. The van der Waals surface area contributed by atoms with E-state index in [0.29, 0.717) is 5.92 Å². The molecular weight excluding hydrogens is 353 g/mol. The van der Waals surface area contributed by atoms with Crippen LogP contribution in [0.15, 0.2) is 36.4 Å². The van der Waals surface area contributed by atoms with E-state index in [1.807, 2.05) is 14.1 Å². The van der Waals surface area contributed by atoms with Gasteiger partial charge in [-0.25, -0.2) is 4.67 Å². The molecule has 0 bridgehead atoms. The van der Waals surface area contributed by atoms with Crippen LogP contribution in [0, 0.1) is 11.3 Å². The van der Waals surface area contributed by atoms with Crippen LogP contribution in [0.4, 0.5) is 0 Å². The summed E-state index contributed by atoms with van der Waals surface area (Å²) in [6, 6.07) is 13.4. The summed E-state index contributed by atoms with van der Waals surface area (Å²) >= 11 is 0. The molecule has 4 atom stereocenters. The van der Waals surface area contributed by atoms with E-state index in [2.05, 4.69) is 48.0 Å². The van der Waals surface area contributed by atoms with Crippen molar-refractivity contribution in [3.63, 3.8) is 0 Å². The topological polar surface area (TPSA) is 21.7 Å². The first kappa shape index (κ1) is 16.4. The van der Waals surface area contributed by atoms with Crippen molar-refractivity contribution in [2.24, 2.45) is 11.3 Å². The maximum Gasteiger partial charge on any atom is 0.384 e. The molecule has 3 nitrogen and oxygen atoms in total. The number of nitrogens with zero attached hydrogens (tertiary/aromatic N) is 1. The molecular formula is C23H26NO2P. The van der Waals surface area contributed by atoms with E-state index in [1.165, 1.54) is 47.9 Å². The minimum absolute atomic E-state index is 0.0524. The van der Waals surface area contributed by atoms with Crippen LogP contribution in [0.3, 0.4) is 0 Å². The van der Waals surface area contributed by atoms with Gasteiger partial charge in [0.2, 0.25) is 0 Å².